The molecule has 0 spiro atoms. The molecule has 0 aromatic heterocycles. The quantitative estimate of drug-likeness (QED) is 0.775. The fourth-order valence-electron chi connectivity index (χ4n) is 3.09. The van der Waals surface area contributed by atoms with Gasteiger partial charge in [0.05, 0.1) is 0 Å². The minimum absolute atomic E-state index is 0.131. The summed E-state index contributed by atoms with van der Waals surface area (Å²) < 4.78 is 5.76. The average Bonchev–Trinajstić information content (AvgIpc) is 2.34. The van der Waals surface area contributed by atoms with E-state index in [0.29, 0.717) is 12.0 Å². The zero-order valence-electron chi connectivity index (χ0n) is 14.7. The first-order chi connectivity index (χ1) is 9.64. The molecule has 1 aromatic rings. The summed E-state index contributed by atoms with van der Waals surface area (Å²) in [5.74, 6) is 0.914. The Labute approximate surface area is 131 Å². The number of rotatable bonds is 7. The van der Waals surface area contributed by atoms with E-state index < -0.39 is 0 Å². The maximum Gasteiger partial charge on any atom is 0.119 e. The maximum absolute atomic E-state index is 5.98. The van der Waals surface area contributed by atoms with Crippen molar-refractivity contribution in [3.05, 3.63) is 29.8 Å². The summed E-state index contributed by atoms with van der Waals surface area (Å²) in [5.41, 5.74) is 7.84. The van der Waals surface area contributed by atoms with Gasteiger partial charge < -0.3 is 10.5 Å². The van der Waals surface area contributed by atoms with Gasteiger partial charge in [-0.2, -0.15) is 0 Å². The lowest BCUT2D eigenvalue weighted by atomic mass is 9.72. The van der Waals surface area contributed by atoms with Crippen molar-refractivity contribution in [1.82, 2.24) is 0 Å². The molecule has 21 heavy (non-hydrogen) atoms. The summed E-state index contributed by atoms with van der Waals surface area (Å²) in [7, 11) is 0. The van der Waals surface area contributed by atoms with Gasteiger partial charge in [-0.3, -0.25) is 0 Å². The second-order valence-electron chi connectivity index (χ2n) is 8.01. The molecule has 0 heterocycles. The lowest BCUT2D eigenvalue weighted by molar-refractivity contribution is 0.278. The van der Waals surface area contributed by atoms with E-state index in [4.69, 9.17) is 10.5 Å². The molecule has 2 nitrogen and oxygen atoms in total. The van der Waals surface area contributed by atoms with Crippen molar-refractivity contribution in [3.8, 4) is 5.75 Å². The van der Waals surface area contributed by atoms with E-state index >= 15 is 0 Å². The molecule has 0 bridgehead atoms. The van der Waals surface area contributed by atoms with Crippen LogP contribution in [0.2, 0.25) is 0 Å². The highest BCUT2D eigenvalue weighted by molar-refractivity contribution is 5.31. The Bertz CT molecular complexity index is 414. The van der Waals surface area contributed by atoms with Gasteiger partial charge >= 0.3 is 0 Å². The number of nitrogens with two attached hydrogens (primary N) is 1. The van der Waals surface area contributed by atoms with Crippen LogP contribution in [-0.4, -0.2) is 12.6 Å². The van der Waals surface area contributed by atoms with E-state index in [9.17, 15) is 0 Å². The Kier molecular flexibility index (Phi) is 6.27. The smallest absolute Gasteiger partial charge is 0.119 e. The lowest BCUT2D eigenvalue weighted by Gasteiger charge is -2.33. The topological polar surface area (TPSA) is 35.2 Å². The van der Waals surface area contributed by atoms with Crippen LogP contribution in [0.1, 0.15) is 66.4 Å². The predicted octanol–water partition coefficient (Wildman–Crippen LogP) is 4.91. The standard InChI is InChI=1S/C19H33NO/c1-7-8-16(20)13-21-17-11-9-15(10-12-17)19(5,6)14-18(2,3)4/h9-12,16H,7-8,13-14,20H2,1-6H3. The third-order valence-corrected chi connectivity index (χ3v) is 3.73. The van der Waals surface area contributed by atoms with Gasteiger partial charge in [0.15, 0.2) is 0 Å². The van der Waals surface area contributed by atoms with Crippen LogP contribution < -0.4 is 10.5 Å². The fourth-order valence-corrected chi connectivity index (χ4v) is 3.09. The second kappa shape index (κ2) is 7.31. The van der Waals surface area contributed by atoms with Gasteiger partial charge in [0, 0.05) is 6.04 Å². The summed E-state index contributed by atoms with van der Waals surface area (Å²) in [6, 6.07) is 8.64. The summed E-state index contributed by atoms with van der Waals surface area (Å²) in [6.45, 7) is 14.2. The molecule has 0 saturated carbocycles. The summed E-state index contributed by atoms with van der Waals surface area (Å²) in [5, 5.41) is 0. The molecular formula is C19H33NO. The van der Waals surface area contributed by atoms with E-state index in [-0.39, 0.29) is 11.5 Å². The van der Waals surface area contributed by atoms with Crippen LogP contribution in [0.5, 0.6) is 5.75 Å². The van der Waals surface area contributed by atoms with Gasteiger partial charge in [-0.15, -0.1) is 0 Å². The van der Waals surface area contributed by atoms with E-state index in [2.05, 4.69) is 65.8 Å². The zero-order valence-corrected chi connectivity index (χ0v) is 14.7. The van der Waals surface area contributed by atoms with Crippen molar-refractivity contribution in [2.24, 2.45) is 11.1 Å². The highest BCUT2D eigenvalue weighted by Gasteiger charge is 2.27. The average molecular weight is 291 g/mol. The van der Waals surface area contributed by atoms with E-state index in [1.54, 1.807) is 0 Å². The largest absolute Gasteiger partial charge is 0.492 e. The molecule has 120 valence electrons. The first-order valence-electron chi connectivity index (χ1n) is 8.13. The van der Waals surface area contributed by atoms with Crippen molar-refractivity contribution in [2.45, 2.75) is 72.3 Å². The van der Waals surface area contributed by atoms with Crippen molar-refractivity contribution in [2.75, 3.05) is 6.61 Å². The molecule has 0 aliphatic heterocycles. The van der Waals surface area contributed by atoms with E-state index in [0.717, 1.165) is 25.0 Å². The van der Waals surface area contributed by atoms with Gasteiger partial charge in [0.2, 0.25) is 0 Å². The Morgan fingerprint density at radius 1 is 1.05 bits per heavy atom. The molecule has 0 saturated heterocycles. The minimum Gasteiger partial charge on any atom is -0.492 e. The molecule has 2 N–H and O–H groups in total. The molecule has 2 heteroatoms. The normalized spacial score (nSPS) is 14.0. The van der Waals surface area contributed by atoms with Crippen LogP contribution in [0.25, 0.3) is 0 Å². The van der Waals surface area contributed by atoms with Crippen molar-refractivity contribution in [3.63, 3.8) is 0 Å². The van der Waals surface area contributed by atoms with Gasteiger partial charge in [0.1, 0.15) is 12.4 Å². The molecule has 1 unspecified atom stereocenters. The van der Waals surface area contributed by atoms with Crippen molar-refractivity contribution < 1.29 is 4.74 Å². The SMILES string of the molecule is CCCC(N)COc1ccc(C(C)(C)CC(C)(C)C)cc1. The monoisotopic (exact) mass is 291 g/mol. The van der Waals surface area contributed by atoms with Gasteiger partial charge in [0.25, 0.3) is 0 Å². The van der Waals surface area contributed by atoms with E-state index in [1.165, 1.54) is 5.56 Å². The van der Waals surface area contributed by atoms with Crippen LogP contribution in [0.4, 0.5) is 0 Å². The highest BCUT2D eigenvalue weighted by Crippen LogP contribution is 2.36. The second-order valence-corrected chi connectivity index (χ2v) is 8.01. The third kappa shape index (κ3) is 6.52. The lowest BCUT2D eigenvalue weighted by Crippen LogP contribution is -2.27. The first-order valence-corrected chi connectivity index (χ1v) is 8.13. The highest BCUT2D eigenvalue weighted by atomic mass is 16.5. The molecule has 0 aliphatic carbocycles. The number of benzene rings is 1. The van der Waals surface area contributed by atoms with Crippen LogP contribution >= 0.6 is 0 Å². The molecule has 0 amide bonds. The van der Waals surface area contributed by atoms with Gasteiger partial charge in [-0.05, 0) is 41.4 Å². The fraction of sp³-hybridized carbons (Fsp3) is 0.684. The van der Waals surface area contributed by atoms with Crippen LogP contribution in [-0.2, 0) is 5.41 Å². The number of hydrogen-bond acceptors (Lipinski definition) is 2. The molecule has 0 fully saturated rings. The number of hydrogen-bond donors (Lipinski definition) is 1. The summed E-state index contributed by atoms with van der Waals surface area (Å²) in [4.78, 5) is 0. The Hall–Kier alpha value is -1.02. The molecule has 0 radical (unpaired) electrons. The molecule has 0 aliphatic rings. The Morgan fingerprint density at radius 2 is 1.62 bits per heavy atom. The first kappa shape index (κ1) is 18.0. The third-order valence-electron chi connectivity index (χ3n) is 3.73. The van der Waals surface area contributed by atoms with Crippen LogP contribution in [0.3, 0.4) is 0 Å². The Balaban J connectivity index is 2.65. The summed E-state index contributed by atoms with van der Waals surface area (Å²) >= 11 is 0. The zero-order chi connectivity index (χ0) is 16.1. The number of ether oxygens (including phenoxy) is 1. The van der Waals surface area contributed by atoms with Crippen LogP contribution in [0, 0.1) is 5.41 Å². The van der Waals surface area contributed by atoms with E-state index in [1.807, 2.05) is 0 Å². The molecule has 1 aromatic carbocycles. The molecular weight excluding hydrogens is 258 g/mol. The van der Waals surface area contributed by atoms with Crippen molar-refractivity contribution >= 4 is 0 Å². The maximum atomic E-state index is 5.98. The molecule has 1 rings (SSSR count). The van der Waals surface area contributed by atoms with Gasteiger partial charge in [-0.25, -0.2) is 0 Å². The summed E-state index contributed by atoms with van der Waals surface area (Å²) in [6.07, 6.45) is 3.27. The Morgan fingerprint density at radius 3 is 2.10 bits per heavy atom. The van der Waals surface area contributed by atoms with Crippen molar-refractivity contribution in [1.29, 1.82) is 0 Å². The molecule has 1 atom stereocenters. The van der Waals surface area contributed by atoms with Gasteiger partial charge in [-0.1, -0.05) is 60.1 Å². The minimum atomic E-state index is 0.131. The predicted molar refractivity (Wildman–Crippen MR) is 91.9 cm³/mol. The van der Waals surface area contributed by atoms with Crippen LogP contribution in [0.15, 0.2) is 24.3 Å².